The summed E-state index contributed by atoms with van der Waals surface area (Å²) in [7, 11) is 0. The zero-order valence-corrected chi connectivity index (χ0v) is 12.3. The Labute approximate surface area is 121 Å². The second kappa shape index (κ2) is 5.43. The molecule has 1 N–H and O–H groups in total. The van der Waals surface area contributed by atoms with Crippen LogP contribution in [0.5, 0.6) is 0 Å². The Balaban J connectivity index is 2.27. The van der Waals surface area contributed by atoms with Crippen LogP contribution in [0.4, 0.5) is 10.5 Å². The van der Waals surface area contributed by atoms with Crippen LogP contribution in [-0.2, 0) is 4.74 Å². The minimum atomic E-state index is -0.686. The Hall–Kier alpha value is -2.57. The van der Waals surface area contributed by atoms with Gasteiger partial charge in [0, 0.05) is 12.3 Å². The molecule has 0 saturated carbocycles. The van der Waals surface area contributed by atoms with Crippen molar-refractivity contribution in [2.45, 2.75) is 33.3 Å². The van der Waals surface area contributed by atoms with Crippen molar-refractivity contribution in [2.75, 3.05) is 5.32 Å². The number of rotatable bonds is 2. The van der Waals surface area contributed by atoms with Gasteiger partial charge in [0.1, 0.15) is 17.0 Å². The molecule has 2 heterocycles. The van der Waals surface area contributed by atoms with E-state index in [1.165, 1.54) is 10.6 Å². The minimum absolute atomic E-state index is 0.104. The number of aryl methyl sites for hydroxylation is 1. The van der Waals surface area contributed by atoms with Crippen LogP contribution in [0.25, 0.3) is 5.82 Å². The van der Waals surface area contributed by atoms with Gasteiger partial charge in [0.15, 0.2) is 5.82 Å². The van der Waals surface area contributed by atoms with Crippen LogP contribution < -0.4 is 10.9 Å². The van der Waals surface area contributed by atoms with Crippen LogP contribution in [0.2, 0.25) is 0 Å². The van der Waals surface area contributed by atoms with E-state index in [4.69, 9.17) is 9.26 Å². The molecule has 7 nitrogen and oxygen atoms in total. The molecule has 0 radical (unpaired) electrons. The Kier molecular flexibility index (Phi) is 3.84. The topological polar surface area (TPSA) is 86.4 Å². The lowest BCUT2D eigenvalue weighted by Crippen LogP contribution is -2.30. The molecule has 0 unspecified atom stereocenters. The summed E-state index contributed by atoms with van der Waals surface area (Å²) in [5.41, 5.74) is -0.953. The lowest BCUT2D eigenvalue weighted by Gasteiger charge is -2.19. The molecular weight excluding hydrogens is 274 g/mol. The summed E-state index contributed by atoms with van der Waals surface area (Å²) in [5, 5.41) is 6.20. The molecule has 0 saturated heterocycles. The van der Waals surface area contributed by atoms with Crippen molar-refractivity contribution < 1.29 is 14.1 Å². The maximum Gasteiger partial charge on any atom is 0.412 e. The van der Waals surface area contributed by atoms with E-state index in [2.05, 4.69) is 10.5 Å². The van der Waals surface area contributed by atoms with Gasteiger partial charge in [0.2, 0.25) is 0 Å². The molecule has 0 aliphatic carbocycles. The van der Waals surface area contributed by atoms with Gasteiger partial charge >= 0.3 is 6.09 Å². The minimum Gasteiger partial charge on any atom is -0.444 e. The van der Waals surface area contributed by atoms with Crippen molar-refractivity contribution in [3.63, 3.8) is 0 Å². The first-order valence-electron chi connectivity index (χ1n) is 6.41. The zero-order chi connectivity index (χ0) is 15.6. The van der Waals surface area contributed by atoms with E-state index in [1.807, 2.05) is 0 Å². The molecule has 0 fully saturated rings. The molecule has 2 aromatic heterocycles. The molecule has 0 aromatic carbocycles. The lowest BCUT2D eigenvalue weighted by molar-refractivity contribution is 0.0635. The van der Waals surface area contributed by atoms with Crippen LogP contribution in [0, 0.1) is 6.92 Å². The fourth-order valence-corrected chi connectivity index (χ4v) is 1.65. The largest absolute Gasteiger partial charge is 0.444 e. The van der Waals surface area contributed by atoms with E-state index in [1.54, 1.807) is 46.0 Å². The fraction of sp³-hybridized carbons (Fsp3) is 0.357. The van der Waals surface area contributed by atoms with Crippen LogP contribution in [0.1, 0.15) is 26.5 Å². The van der Waals surface area contributed by atoms with Gasteiger partial charge in [0.05, 0.1) is 0 Å². The highest BCUT2D eigenvalue weighted by molar-refractivity contribution is 5.84. The first-order valence-corrected chi connectivity index (χ1v) is 6.41. The summed E-state index contributed by atoms with van der Waals surface area (Å²) >= 11 is 0. The van der Waals surface area contributed by atoms with Crippen molar-refractivity contribution in [3.8, 4) is 5.82 Å². The Bertz CT molecular complexity index is 709. The first kappa shape index (κ1) is 14.8. The van der Waals surface area contributed by atoms with Crippen LogP contribution in [0.3, 0.4) is 0 Å². The summed E-state index contributed by atoms with van der Waals surface area (Å²) in [6.07, 6.45) is 0.855. The highest BCUT2D eigenvalue weighted by Gasteiger charge is 2.18. The van der Waals surface area contributed by atoms with Crippen LogP contribution >= 0.6 is 0 Å². The summed E-state index contributed by atoms with van der Waals surface area (Å²) in [6, 6.07) is 4.74. The first-order chi connectivity index (χ1) is 9.76. The summed E-state index contributed by atoms with van der Waals surface area (Å²) in [5.74, 6) is 0.938. The number of aromatic nitrogens is 2. The standard InChI is InChI=1S/C14H17N3O4/c1-9-8-11(16-21-9)17-7-5-6-10(12(17)18)15-13(19)20-14(2,3)4/h5-8H,1-4H3,(H,15,19). The number of hydrogen-bond acceptors (Lipinski definition) is 5. The Morgan fingerprint density at radius 2 is 2.14 bits per heavy atom. The van der Waals surface area contributed by atoms with E-state index in [-0.39, 0.29) is 5.69 Å². The SMILES string of the molecule is Cc1cc(-n2cccc(NC(=O)OC(C)(C)C)c2=O)no1. The number of amides is 1. The summed E-state index contributed by atoms with van der Waals surface area (Å²) < 4.78 is 11.3. The predicted molar refractivity (Wildman–Crippen MR) is 76.7 cm³/mol. The Morgan fingerprint density at radius 3 is 2.71 bits per heavy atom. The average Bonchev–Trinajstić information content (AvgIpc) is 2.76. The smallest absolute Gasteiger partial charge is 0.412 e. The lowest BCUT2D eigenvalue weighted by atomic mass is 10.2. The summed E-state index contributed by atoms with van der Waals surface area (Å²) in [4.78, 5) is 24.0. The number of nitrogens with zero attached hydrogens (tertiary/aromatic N) is 2. The number of hydrogen-bond donors (Lipinski definition) is 1. The van der Waals surface area contributed by atoms with E-state index in [0.29, 0.717) is 11.6 Å². The molecule has 0 spiro atoms. The molecule has 0 atom stereocenters. The highest BCUT2D eigenvalue weighted by Crippen LogP contribution is 2.10. The molecule has 0 bridgehead atoms. The van der Waals surface area contributed by atoms with Gasteiger partial charge in [-0.05, 0) is 39.8 Å². The fourth-order valence-electron chi connectivity index (χ4n) is 1.65. The van der Waals surface area contributed by atoms with E-state index in [0.717, 1.165) is 0 Å². The number of pyridine rings is 1. The maximum absolute atomic E-state index is 12.3. The summed E-state index contributed by atoms with van der Waals surface area (Å²) in [6.45, 7) is 6.96. The molecule has 1 amide bonds. The highest BCUT2D eigenvalue weighted by atomic mass is 16.6. The van der Waals surface area contributed by atoms with Crippen molar-refractivity contribution in [1.82, 2.24) is 9.72 Å². The van der Waals surface area contributed by atoms with Gasteiger partial charge in [0.25, 0.3) is 5.56 Å². The molecule has 112 valence electrons. The number of carbonyl (C=O) groups excluding carboxylic acids is 1. The number of nitrogens with one attached hydrogen (secondary N) is 1. The van der Waals surface area contributed by atoms with Gasteiger partial charge in [-0.1, -0.05) is 5.16 Å². The second-order valence-electron chi connectivity index (χ2n) is 5.52. The molecular formula is C14H17N3O4. The maximum atomic E-state index is 12.3. The number of anilines is 1. The van der Waals surface area contributed by atoms with Crippen molar-refractivity contribution in [1.29, 1.82) is 0 Å². The molecule has 7 heteroatoms. The van der Waals surface area contributed by atoms with Crippen molar-refractivity contribution in [2.24, 2.45) is 0 Å². The average molecular weight is 291 g/mol. The predicted octanol–water partition coefficient (Wildman–Crippen LogP) is 2.48. The van der Waals surface area contributed by atoms with E-state index in [9.17, 15) is 9.59 Å². The van der Waals surface area contributed by atoms with E-state index >= 15 is 0 Å². The third kappa shape index (κ3) is 3.71. The third-order valence-electron chi connectivity index (χ3n) is 2.45. The van der Waals surface area contributed by atoms with Crippen LogP contribution in [-0.4, -0.2) is 21.4 Å². The monoisotopic (exact) mass is 291 g/mol. The molecule has 2 rings (SSSR count). The van der Waals surface area contributed by atoms with Crippen molar-refractivity contribution >= 4 is 11.8 Å². The van der Waals surface area contributed by atoms with Gasteiger partial charge in [-0.15, -0.1) is 0 Å². The molecule has 0 aliphatic rings. The Morgan fingerprint density at radius 1 is 1.43 bits per heavy atom. The number of ether oxygens (including phenoxy) is 1. The van der Waals surface area contributed by atoms with Crippen LogP contribution in [0.15, 0.2) is 33.7 Å². The molecule has 21 heavy (non-hydrogen) atoms. The van der Waals surface area contributed by atoms with Gasteiger partial charge in [-0.3, -0.25) is 14.7 Å². The number of carbonyl (C=O) groups is 1. The zero-order valence-electron chi connectivity index (χ0n) is 12.3. The molecule has 0 aliphatic heterocycles. The van der Waals surface area contributed by atoms with Gasteiger partial charge < -0.3 is 9.26 Å². The third-order valence-corrected chi connectivity index (χ3v) is 2.45. The quantitative estimate of drug-likeness (QED) is 0.918. The van der Waals surface area contributed by atoms with Crippen molar-refractivity contribution in [3.05, 3.63) is 40.5 Å². The second-order valence-corrected chi connectivity index (χ2v) is 5.52. The van der Waals surface area contributed by atoms with Gasteiger partial charge in [-0.2, -0.15) is 0 Å². The van der Waals surface area contributed by atoms with E-state index < -0.39 is 17.3 Å². The molecule has 2 aromatic rings. The normalized spacial score (nSPS) is 11.2. The van der Waals surface area contributed by atoms with Gasteiger partial charge in [-0.25, -0.2) is 4.79 Å².